The molecule has 0 aromatic carbocycles. The molecule has 26 heavy (non-hydrogen) atoms. The summed E-state index contributed by atoms with van der Waals surface area (Å²) in [6.45, 7) is 14.7. The van der Waals surface area contributed by atoms with E-state index >= 15 is 0 Å². The normalized spacial score (nSPS) is 24.4. The molecule has 2 rings (SSSR count). The van der Waals surface area contributed by atoms with E-state index in [2.05, 4.69) is 11.8 Å². The number of carbonyl (C=O) groups is 1. The summed E-state index contributed by atoms with van der Waals surface area (Å²) in [4.78, 5) is 16.2. The van der Waals surface area contributed by atoms with Crippen LogP contribution >= 0.6 is 0 Å². The average Bonchev–Trinajstić information content (AvgIpc) is 2.54. The highest BCUT2D eigenvalue weighted by molar-refractivity contribution is 5.68. The standard InChI is InChI=1S/C20H38N2O4/c1-17-15-18(16-17)25-14-6-13-24-12-5-7-21-8-10-22(11-9-21)19(23)26-20(2,3)4/h17-18H,5-16H2,1-4H3. The maximum Gasteiger partial charge on any atom is 0.410 e. The van der Waals surface area contributed by atoms with Crippen molar-refractivity contribution in [2.75, 3.05) is 52.5 Å². The number of piperazine rings is 1. The van der Waals surface area contributed by atoms with Gasteiger partial charge < -0.3 is 19.1 Å². The van der Waals surface area contributed by atoms with Gasteiger partial charge in [0.25, 0.3) is 0 Å². The first-order chi connectivity index (χ1) is 12.3. The molecule has 6 nitrogen and oxygen atoms in total. The molecule has 0 N–H and O–H groups in total. The molecule has 0 atom stereocenters. The lowest BCUT2D eigenvalue weighted by atomic mass is 9.84. The van der Waals surface area contributed by atoms with Crippen LogP contribution in [0.5, 0.6) is 0 Å². The van der Waals surface area contributed by atoms with Crippen molar-refractivity contribution in [3.8, 4) is 0 Å². The highest BCUT2D eigenvalue weighted by Crippen LogP contribution is 2.29. The lowest BCUT2D eigenvalue weighted by molar-refractivity contribution is -0.0331. The van der Waals surface area contributed by atoms with E-state index in [-0.39, 0.29) is 6.09 Å². The van der Waals surface area contributed by atoms with Gasteiger partial charge in [-0.2, -0.15) is 0 Å². The SMILES string of the molecule is CC1CC(OCCCOCCCN2CCN(C(=O)OC(C)(C)C)CC2)C1. The Morgan fingerprint density at radius 2 is 1.65 bits per heavy atom. The Morgan fingerprint density at radius 1 is 1.00 bits per heavy atom. The number of ether oxygens (including phenoxy) is 3. The van der Waals surface area contributed by atoms with Crippen LogP contribution in [0.2, 0.25) is 0 Å². The summed E-state index contributed by atoms with van der Waals surface area (Å²) in [6, 6.07) is 0. The van der Waals surface area contributed by atoms with Crippen molar-refractivity contribution in [3.63, 3.8) is 0 Å². The topological polar surface area (TPSA) is 51.2 Å². The highest BCUT2D eigenvalue weighted by atomic mass is 16.6. The number of nitrogens with zero attached hydrogens (tertiary/aromatic N) is 2. The third kappa shape index (κ3) is 8.23. The van der Waals surface area contributed by atoms with E-state index in [0.29, 0.717) is 6.10 Å². The fourth-order valence-electron chi connectivity index (χ4n) is 3.35. The molecule has 1 saturated heterocycles. The molecular weight excluding hydrogens is 332 g/mol. The largest absolute Gasteiger partial charge is 0.444 e. The summed E-state index contributed by atoms with van der Waals surface area (Å²) < 4.78 is 16.9. The fraction of sp³-hybridized carbons (Fsp3) is 0.950. The molecule has 0 radical (unpaired) electrons. The number of hydrogen-bond donors (Lipinski definition) is 0. The molecule has 0 unspecified atom stereocenters. The first-order valence-corrected chi connectivity index (χ1v) is 10.2. The van der Waals surface area contributed by atoms with E-state index in [0.717, 1.165) is 71.3 Å². The minimum absolute atomic E-state index is 0.195. The molecule has 1 heterocycles. The first-order valence-electron chi connectivity index (χ1n) is 10.2. The van der Waals surface area contributed by atoms with Crippen LogP contribution in [0, 0.1) is 5.92 Å². The molecule has 1 aliphatic heterocycles. The number of amides is 1. The van der Waals surface area contributed by atoms with Gasteiger partial charge in [-0.3, -0.25) is 4.90 Å². The van der Waals surface area contributed by atoms with Gasteiger partial charge in [-0.15, -0.1) is 0 Å². The third-order valence-corrected chi connectivity index (χ3v) is 4.90. The Morgan fingerprint density at radius 3 is 2.27 bits per heavy atom. The second kappa shape index (κ2) is 10.5. The molecule has 1 aliphatic carbocycles. The average molecular weight is 371 g/mol. The van der Waals surface area contributed by atoms with Gasteiger partial charge in [0.15, 0.2) is 0 Å². The molecule has 1 saturated carbocycles. The van der Waals surface area contributed by atoms with Crippen molar-refractivity contribution >= 4 is 6.09 Å². The predicted octanol–water partition coefficient (Wildman–Crippen LogP) is 3.15. The zero-order valence-corrected chi connectivity index (χ0v) is 17.2. The third-order valence-electron chi connectivity index (χ3n) is 4.90. The Bertz CT molecular complexity index is 411. The molecular formula is C20H38N2O4. The lowest BCUT2D eigenvalue weighted by Crippen LogP contribution is -2.50. The summed E-state index contributed by atoms with van der Waals surface area (Å²) in [5.41, 5.74) is -0.424. The lowest BCUT2D eigenvalue weighted by Gasteiger charge is -2.35. The summed E-state index contributed by atoms with van der Waals surface area (Å²) in [5, 5.41) is 0. The van der Waals surface area contributed by atoms with E-state index in [9.17, 15) is 4.79 Å². The van der Waals surface area contributed by atoms with Gasteiger partial charge in [0.1, 0.15) is 5.60 Å². The second-order valence-corrected chi connectivity index (χ2v) is 8.70. The molecule has 0 bridgehead atoms. The summed E-state index contributed by atoms with van der Waals surface area (Å²) in [5.74, 6) is 0.849. The van der Waals surface area contributed by atoms with Gasteiger partial charge in [0.2, 0.25) is 0 Å². The number of carbonyl (C=O) groups excluding carboxylic acids is 1. The smallest absolute Gasteiger partial charge is 0.410 e. The van der Waals surface area contributed by atoms with E-state index in [1.165, 1.54) is 12.8 Å². The molecule has 0 spiro atoms. The van der Waals surface area contributed by atoms with Crippen LogP contribution in [-0.2, 0) is 14.2 Å². The fourth-order valence-corrected chi connectivity index (χ4v) is 3.35. The molecule has 0 aromatic rings. The van der Waals surface area contributed by atoms with Gasteiger partial charge in [-0.05, 0) is 52.4 Å². The molecule has 152 valence electrons. The summed E-state index contributed by atoms with van der Waals surface area (Å²) in [7, 11) is 0. The quantitative estimate of drug-likeness (QED) is 0.584. The second-order valence-electron chi connectivity index (χ2n) is 8.70. The minimum atomic E-state index is -0.424. The van der Waals surface area contributed by atoms with Crippen LogP contribution in [0.4, 0.5) is 4.79 Å². The Kier molecular flexibility index (Phi) is 8.64. The zero-order valence-electron chi connectivity index (χ0n) is 17.2. The Hall–Kier alpha value is -0.850. The van der Waals surface area contributed by atoms with E-state index in [4.69, 9.17) is 14.2 Å². The van der Waals surface area contributed by atoms with Crippen LogP contribution in [0.15, 0.2) is 0 Å². The van der Waals surface area contributed by atoms with Crippen molar-refractivity contribution in [2.45, 2.75) is 65.1 Å². The van der Waals surface area contributed by atoms with E-state index in [1.54, 1.807) is 4.90 Å². The maximum absolute atomic E-state index is 12.0. The first kappa shape index (κ1) is 21.5. The maximum atomic E-state index is 12.0. The molecule has 0 aromatic heterocycles. The zero-order chi connectivity index (χ0) is 19.0. The Balaban J connectivity index is 1.41. The van der Waals surface area contributed by atoms with Crippen LogP contribution < -0.4 is 0 Å². The van der Waals surface area contributed by atoms with Crippen molar-refractivity contribution < 1.29 is 19.0 Å². The van der Waals surface area contributed by atoms with E-state index < -0.39 is 5.60 Å². The summed E-state index contributed by atoms with van der Waals surface area (Å²) in [6.07, 6.45) is 4.78. The van der Waals surface area contributed by atoms with Crippen molar-refractivity contribution in [1.29, 1.82) is 0 Å². The molecule has 2 fully saturated rings. The van der Waals surface area contributed by atoms with Crippen LogP contribution in [0.1, 0.15) is 53.4 Å². The molecule has 2 aliphatic rings. The van der Waals surface area contributed by atoms with Crippen LogP contribution in [0.25, 0.3) is 0 Å². The van der Waals surface area contributed by atoms with Gasteiger partial charge in [0, 0.05) is 52.5 Å². The van der Waals surface area contributed by atoms with Crippen LogP contribution in [0.3, 0.4) is 0 Å². The van der Waals surface area contributed by atoms with E-state index in [1.807, 2.05) is 20.8 Å². The summed E-state index contributed by atoms with van der Waals surface area (Å²) >= 11 is 0. The molecule has 1 amide bonds. The number of hydrogen-bond acceptors (Lipinski definition) is 5. The number of rotatable bonds is 9. The van der Waals surface area contributed by atoms with Gasteiger partial charge in [-0.1, -0.05) is 6.92 Å². The predicted molar refractivity (Wildman–Crippen MR) is 102 cm³/mol. The van der Waals surface area contributed by atoms with Crippen molar-refractivity contribution in [1.82, 2.24) is 9.80 Å². The van der Waals surface area contributed by atoms with Gasteiger partial charge in [-0.25, -0.2) is 4.79 Å². The monoisotopic (exact) mass is 370 g/mol. The van der Waals surface area contributed by atoms with Crippen LogP contribution in [-0.4, -0.2) is 80.1 Å². The van der Waals surface area contributed by atoms with Crippen molar-refractivity contribution in [2.24, 2.45) is 5.92 Å². The van der Waals surface area contributed by atoms with Gasteiger partial charge in [0.05, 0.1) is 6.10 Å². The van der Waals surface area contributed by atoms with Crippen molar-refractivity contribution in [3.05, 3.63) is 0 Å². The Labute approximate surface area is 159 Å². The van der Waals surface area contributed by atoms with Gasteiger partial charge >= 0.3 is 6.09 Å². The highest BCUT2D eigenvalue weighted by Gasteiger charge is 2.26. The molecule has 6 heteroatoms. The minimum Gasteiger partial charge on any atom is -0.444 e.